The molecule has 0 spiro atoms. The van der Waals surface area contributed by atoms with Crippen LogP contribution in [0.15, 0.2) is 30.3 Å². The molecule has 1 aliphatic rings. The maximum Gasteiger partial charge on any atom is 0.307 e. The molecule has 4 nitrogen and oxygen atoms in total. The first-order valence-electron chi connectivity index (χ1n) is 9.06. The topological polar surface area (TPSA) is 46.6 Å². The second kappa shape index (κ2) is 8.04. The molecule has 1 aromatic carbocycles. The summed E-state index contributed by atoms with van der Waals surface area (Å²) in [5.74, 6) is 0.0670. The summed E-state index contributed by atoms with van der Waals surface area (Å²) < 4.78 is 4.72. The summed E-state index contributed by atoms with van der Waals surface area (Å²) in [5.41, 5.74) is 3.86. The fourth-order valence-corrected chi connectivity index (χ4v) is 4.62. The highest BCUT2D eigenvalue weighted by Crippen LogP contribution is 2.39. The first kappa shape index (κ1) is 18.6. The van der Waals surface area contributed by atoms with Crippen LogP contribution in [-0.4, -0.2) is 37.0 Å². The van der Waals surface area contributed by atoms with E-state index in [0.717, 1.165) is 17.7 Å². The molecular formula is C21H25NO3S. The molecule has 0 saturated heterocycles. The normalized spacial score (nSPS) is 12.5. The molecule has 26 heavy (non-hydrogen) atoms. The van der Waals surface area contributed by atoms with Gasteiger partial charge in [0.1, 0.15) is 0 Å². The molecule has 1 aliphatic carbocycles. The predicted octanol–water partition coefficient (Wildman–Crippen LogP) is 4.18. The third-order valence-electron chi connectivity index (χ3n) is 4.63. The molecule has 0 N–H and O–H groups in total. The monoisotopic (exact) mass is 371 g/mol. The highest BCUT2D eigenvalue weighted by molar-refractivity contribution is 7.17. The molecule has 1 heterocycles. The first-order chi connectivity index (χ1) is 12.5. The van der Waals surface area contributed by atoms with Crippen molar-refractivity contribution >= 4 is 23.2 Å². The van der Waals surface area contributed by atoms with Crippen molar-refractivity contribution in [2.24, 2.45) is 5.92 Å². The number of hydrogen-bond acceptors (Lipinski definition) is 4. The average Bonchev–Trinajstić information content (AvgIpc) is 3.08. The summed E-state index contributed by atoms with van der Waals surface area (Å²) >= 11 is 1.57. The molecule has 0 atom stereocenters. The minimum atomic E-state index is -0.286. The lowest BCUT2D eigenvalue weighted by atomic mass is 9.91. The number of methoxy groups -OCH3 is 1. The highest BCUT2D eigenvalue weighted by Gasteiger charge is 2.24. The third-order valence-corrected chi connectivity index (χ3v) is 5.83. The zero-order valence-electron chi connectivity index (χ0n) is 15.6. The highest BCUT2D eigenvalue weighted by atomic mass is 32.1. The molecule has 0 saturated carbocycles. The number of carbonyl (C=O) groups excluding carboxylic acids is 2. The van der Waals surface area contributed by atoms with E-state index in [4.69, 9.17) is 4.74 Å². The van der Waals surface area contributed by atoms with Crippen molar-refractivity contribution < 1.29 is 14.3 Å². The van der Waals surface area contributed by atoms with Crippen molar-refractivity contribution in [1.29, 1.82) is 0 Å². The second-order valence-electron chi connectivity index (χ2n) is 7.09. The Labute approximate surface area is 158 Å². The van der Waals surface area contributed by atoms with Gasteiger partial charge in [0.05, 0.1) is 18.4 Å². The molecule has 0 unspecified atom stereocenters. The van der Waals surface area contributed by atoms with Crippen molar-refractivity contribution in [2.75, 3.05) is 20.2 Å². The van der Waals surface area contributed by atoms with Crippen LogP contribution in [0, 0.1) is 5.92 Å². The molecule has 0 aliphatic heterocycles. The van der Waals surface area contributed by atoms with Gasteiger partial charge in [-0.3, -0.25) is 9.59 Å². The van der Waals surface area contributed by atoms with Crippen LogP contribution in [0.25, 0.3) is 10.4 Å². The summed E-state index contributed by atoms with van der Waals surface area (Å²) in [6.07, 6.45) is 2.22. The van der Waals surface area contributed by atoms with Gasteiger partial charge in [-0.1, -0.05) is 38.1 Å². The number of carbonyl (C=O) groups is 2. The summed E-state index contributed by atoms with van der Waals surface area (Å²) in [7, 11) is 1.38. The maximum absolute atomic E-state index is 13.1. The number of fused-ring (bicyclic) bond motifs is 3. The molecule has 0 bridgehead atoms. The quantitative estimate of drug-likeness (QED) is 0.716. The van der Waals surface area contributed by atoms with Gasteiger partial charge in [0.15, 0.2) is 0 Å². The lowest BCUT2D eigenvalue weighted by Gasteiger charge is -2.23. The van der Waals surface area contributed by atoms with Crippen molar-refractivity contribution in [1.82, 2.24) is 4.90 Å². The van der Waals surface area contributed by atoms with Crippen LogP contribution in [0.1, 0.15) is 41.1 Å². The second-order valence-corrected chi connectivity index (χ2v) is 8.15. The lowest BCUT2D eigenvalue weighted by Crippen LogP contribution is -2.35. The molecule has 0 fully saturated rings. The Morgan fingerprint density at radius 3 is 2.65 bits per heavy atom. The number of aryl methyl sites for hydroxylation is 2. The number of esters is 1. The standard InChI is InChI=1S/C21H25NO3S/c1-14(2)13-22(11-10-19(23)25-3)21(24)18-12-16-9-8-15-6-4-5-7-17(15)20(16)26-18/h4-7,12,14H,8-11,13H2,1-3H3. The Hall–Kier alpha value is -2.14. The Morgan fingerprint density at radius 1 is 1.19 bits per heavy atom. The van der Waals surface area contributed by atoms with Gasteiger partial charge in [-0.2, -0.15) is 0 Å². The van der Waals surface area contributed by atoms with Crippen LogP contribution in [0.2, 0.25) is 0 Å². The number of nitrogens with zero attached hydrogens (tertiary/aromatic N) is 1. The summed E-state index contributed by atoms with van der Waals surface area (Å²) in [6.45, 7) is 5.18. The Balaban J connectivity index is 1.84. The largest absolute Gasteiger partial charge is 0.469 e. The van der Waals surface area contributed by atoms with Gasteiger partial charge in [0.2, 0.25) is 0 Å². The lowest BCUT2D eigenvalue weighted by molar-refractivity contribution is -0.140. The summed E-state index contributed by atoms with van der Waals surface area (Å²) in [4.78, 5) is 28.4. The molecule has 2 aromatic rings. The molecule has 0 radical (unpaired) electrons. The van der Waals surface area contributed by atoms with Gasteiger partial charge in [0.25, 0.3) is 5.91 Å². The maximum atomic E-state index is 13.1. The van der Waals surface area contributed by atoms with Crippen molar-refractivity contribution in [3.63, 3.8) is 0 Å². The number of ether oxygens (including phenoxy) is 1. The third kappa shape index (κ3) is 3.98. The zero-order chi connectivity index (χ0) is 18.7. The van der Waals surface area contributed by atoms with Crippen molar-refractivity contribution in [3.05, 3.63) is 46.3 Å². The molecule has 1 amide bonds. The van der Waals surface area contributed by atoms with Gasteiger partial charge in [-0.15, -0.1) is 11.3 Å². The van der Waals surface area contributed by atoms with Crippen LogP contribution in [0.5, 0.6) is 0 Å². The summed E-state index contributed by atoms with van der Waals surface area (Å²) in [6, 6.07) is 10.5. The van der Waals surface area contributed by atoms with Gasteiger partial charge in [-0.05, 0) is 41.5 Å². The summed E-state index contributed by atoms with van der Waals surface area (Å²) in [5, 5.41) is 0. The number of benzene rings is 1. The fraction of sp³-hybridized carbons (Fsp3) is 0.429. The van der Waals surface area contributed by atoms with Crippen LogP contribution >= 0.6 is 11.3 Å². The van der Waals surface area contributed by atoms with E-state index in [2.05, 4.69) is 38.1 Å². The Morgan fingerprint density at radius 2 is 1.92 bits per heavy atom. The number of thiophene rings is 1. The fourth-order valence-electron chi connectivity index (χ4n) is 3.38. The van der Waals surface area contributed by atoms with Crippen molar-refractivity contribution in [2.45, 2.75) is 33.1 Å². The Kier molecular flexibility index (Phi) is 5.77. The number of rotatable bonds is 6. The van der Waals surface area contributed by atoms with Gasteiger partial charge in [0, 0.05) is 18.0 Å². The first-order valence-corrected chi connectivity index (χ1v) is 9.88. The van der Waals surface area contributed by atoms with Crippen LogP contribution in [0.3, 0.4) is 0 Å². The van der Waals surface area contributed by atoms with Gasteiger partial charge < -0.3 is 9.64 Å². The molecule has 138 valence electrons. The molecule has 5 heteroatoms. The van der Waals surface area contributed by atoms with E-state index in [9.17, 15) is 9.59 Å². The molecule has 3 rings (SSSR count). The van der Waals surface area contributed by atoms with Crippen LogP contribution in [0.4, 0.5) is 0 Å². The zero-order valence-corrected chi connectivity index (χ0v) is 16.4. The SMILES string of the molecule is COC(=O)CCN(CC(C)C)C(=O)c1cc2c(s1)-c1ccccc1CC2. The molecule has 1 aromatic heterocycles. The van der Waals surface area contributed by atoms with E-state index in [1.807, 2.05) is 6.07 Å². The Bertz CT molecular complexity index is 809. The van der Waals surface area contributed by atoms with E-state index < -0.39 is 0 Å². The number of amides is 1. The van der Waals surface area contributed by atoms with Crippen LogP contribution in [-0.2, 0) is 22.4 Å². The van der Waals surface area contributed by atoms with E-state index in [1.165, 1.54) is 28.7 Å². The van der Waals surface area contributed by atoms with E-state index in [0.29, 0.717) is 19.0 Å². The van der Waals surface area contributed by atoms with E-state index >= 15 is 0 Å². The predicted molar refractivity (Wildman–Crippen MR) is 105 cm³/mol. The van der Waals surface area contributed by atoms with Crippen molar-refractivity contribution in [3.8, 4) is 10.4 Å². The smallest absolute Gasteiger partial charge is 0.307 e. The van der Waals surface area contributed by atoms with Gasteiger partial charge >= 0.3 is 5.97 Å². The average molecular weight is 372 g/mol. The van der Waals surface area contributed by atoms with E-state index in [-0.39, 0.29) is 18.3 Å². The van der Waals surface area contributed by atoms with E-state index in [1.54, 1.807) is 16.2 Å². The van der Waals surface area contributed by atoms with Gasteiger partial charge in [-0.25, -0.2) is 0 Å². The minimum Gasteiger partial charge on any atom is -0.469 e. The van der Waals surface area contributed by atoms with Crippen LogP contribution < -0.4 is 0 Å². The number of hydrogen-bond donors (Lipinski definition) is 0. The minimum absolute atomic E-state index is 0.0134. The molecular weight excluding hydrogens is 346 g/mol.